The minimum Gasteiger partial charge on any atom is -0.340 e. The molecule has 2 aliphatic rings. The summed E-state index contributed by atoms with van der Waals surface area (Å²) in [4.78, 5) is 38.7. The summed E-state index contributed by atoms with van der Waals surface area (Å²) in [5.41, 5.74) is 0.169. The number of fused-ring (bicyclic) bond motifs is 1. The third-order valence-corrected chi connectivity index (χ3v) is 6.99. The van der Waals surface area contributed by atoms with Gasteiger partial charge in [0.25, 0.3) is 20.2 Å². The molecule has 1 aromatic heterocycles. The van der Waals surface area contributed by atoms with Crippen molar-refractivity contribution in [2.75, 3.05) is 7.05 Å². The molecule has 3 N–H and O–H groups in total. The fraction of sp³-hybridized carbons (Fsp3) is 0.100. The van der Waals surface area contributed by atoms with Gasteiger partial charge in [0.15, 0.2) is 11.5 Å². The summed E-state index contributed by atoms with van der Waals surface area (Å²) < 4.78 is 66.9. The van der Waals surface area contributed by atoms with Gasteiger partial charge in [0, 0.05) is 24.5 Å². The number of allylic oxidation sites excluding steroid dienone is 2. The number of carbonyl (C=O) groups is 2. The number of carbonyl (C=O) groups excluding carboxylic acids is 2. The first kappa shape index (κ1) is 24.2. The minimum atomic E-state index is -4.69. The molecule has 0 bridgehead atoms. The monoisotopic (exact) mass is 518 g/mol. The van der Waals surface area contributed by atoms with Crippen molar-refractivity contribution >= 4 is 49.7 Å². The van der Waals surface area contributed by atoms with Crippen molar-refractivity contribution in [3.8, 4) is 0 Å². The fourth-order valence-corrected chi connectivity index (χ4v) is 4.77. The number of nitrogens with one attached hydrogen (secondary N) is 1. The van der Waals surface area contributed by atoms with Gasteiger partial charge in [-0.05, 0) is 23.8 Å². The largest absolute Gasteiger partial charge is 0.438 e. The van der Waals surface area contributed by atoms with Gasteiger partial charge in [-0.3, -0.25) is 13.9 Å². The Morgan fingerprint density at radius 3 is 2.54 bits per heavy atom. The Labute approximate surface area is 198 Å². The Hall–Kier alpha value is -3.92. The highest BCUT2D eigenvalue weighted by atomic mass is 32.2. The van der Waals surface area contributed by atoms with Crippen LogP contribution in [0, 0.1) is 0 Å². The molecule has 1 aliphatic carbocycles. The van der Waals surface area contributed by atoms with Crippen molar-refractivity contribution < 1.29 is 40.1 Å². The number of H-pyrrole nitrogens is 1. The van der Waals surface area contributed by atoms with Crippen molar-refractivity contribution in [2.45, 2.75) is 10.1 Å². The van der Waals surface area contributed by atoms with Gasteiger partial charge < -0.3 is 4.98 Å². The van der Waals surface area contributed by atoms with E-state index in [4.69, 9.17) is 0 Å². The van der Waals surface area contributed by atoms with E-state index in [1.165, 1.54) is 43.9 Å². The molecular weight excluding hydrogens is 502 g/mol. The van der Waals surface area contributed by atoms with E-state index in [1.807, 2.05) is 0 Å². The standard InChI is InChI=1S/C20H15N5O8S2/c1-25(20(27)15-8-11(10-23-15)24-19(26)18-21-6-7-22-18)16-4-5-17(35(31,32)33)14-9-12(34(28,29)30)2-3-13(14)16/h2-10,17H,1H3,(H2-,21,22,26,28,29,30,31,32,33)/p+1. The number of benzene rings is 1. The van der Waals surface area contributed by atoms with Crippen LogP contribution >= 0.6 is 0 Å². The maximum absolute atomic E-state index is 13.0. The first-order chi connectivity index (χ1) is 16.4. The number of imidazole rings is 1. The molecule has 1 unspecified atom stereocenters. The van der Waals surface area contributed by atoms with Crippen molar-refractivity contribution in [2.24, 2.45) is 9.98 Å². The number of hydrogen-bond donors (Lipinski definition) is 3. The molecule has 0 fully saturated rings. The minimum absolute atomic E-state index is 0.00773. The van der Waals surface area contributed by atoms with Crippen LogP contribution in [0.5, 0.6) is 0 Å². The van der Waals surface area contributed by atoms with E-state index in [0.29, 0.717) is 0 Å². The topological polar surface area (TPSA) is 199 Å². The molecule has 2 amide bonds. The van der Waals surface area contributed by atoms with Crippen molar-refractivity contribution in [3.05, 3.63) is 71.5 Å². The van der Waals surface area contributed by atoms with Gasteiger partial charge in [-0.2, -0.15) is 21.4 Å². The Kier molecular flexibility index (Phi) is 6.02. The van der Waals surface area contributed by atoms with Crippen molar-refractivity contribution in [1.82, 2.24) is 9.97 Å². The summed E-state index contributed by atoms with van der Waals surface area (Å²) in [6.45, 7) is 0. The molecule has 0 saturated heterocycles. The van der Waals surface area contributed by atoms with E-state index < -0.39 is 42.2 Å². The van der Waals surface area contributed by atoms with E-state index in [1.54, 1.807) is 0 Å². The summed E-state index contributed by atoms with van der Waals surface area (Å²) in [5.74, 6) is -1.31. The van der Waals surface area contributed by atoms with Crippen LogP contribution < -0.4 is 0 Å². The molecule has 0 spiro atoms. The van der Waals surface area contributed by atoms with E-state index in [2.05, 4.69) is 20.0 Å². The second kappa shape index (κ2) is 8.70. The lowest BCUT2D eigenvalue weighted by Gasteiger charge is -2.19. The Bertz CT molecular complexity index is 1630. The van der Waals surface area contributed by atoms with Crippen molar-refractivity contribution in [1.29, 1.82) is 0 Å². The summed E-state index contributed by atoms with van der Waals surface area (Å²) in [6.07, 6.45) is 7.68. The predicted molar refractivity (Wildman–Crippen MR) is 122 cm³/mol. The molecule has 180 valence electrons. The SMILES string of the molecule is C[N+](C(=O)C1=CC(=NC(=O)c2ncc[nH]2)C=N1)=C1C=CC(S(=O)(=O)O)c2cc(S(=O)(=O)O)ccc21. The highest BCUT2D eigenvalue weighted by Crippen LogP contribution is 2.33. The highest BCUT2D eigenvalue weighted by molar-refractivity contribution is 7.86. The average Bonchev–Trinajstić information content (AvgIpc) is 3.48. The smallest absolute Gasteiger partial charge is 0.340 e. The summed E-state index contributed by atoms with van der Waals surface area (Å²) >= 11 is 0. The number of nitrogens with zero attached hydrogens (tertiary/aromatic N) is 4. The lowest BCUT2D eigenvalue weighted by molar-refractivity contribution is -0.413. The van der Waals surface area contributed by atoms with Crippen LogP contribution in [0.15, 0.2) is 69.4 Å². The summed E-state index contributed by atoms with van der Waals surface area (Å²) in [5, 5.41) is -1.62. The van der Waals surface area contributed by atoms with Gasteiger partial charge in [-0.15, -0.1) is 0 Å². The molecule has 2 heterocycles. The average molecular weight is 519 g/mol. The van der Waals surface area contributed by atoms with E-state index in [9.17, 15) is 35.5 Å². The zero-order valence-electron chi connectivity index (χ0n) is 17.7. The van der Waals surface area contributed by atoms with Crippen LogP contribution in [0.4, 0.5) is 0 Å². The molecule has 0 saturated carbocycles. The molecule has 35 heavy (non-hydrogen) atoms. The normalized spacial score (nSPS) is 20.0. The summed E-state index contributed by atoms with van der Waals surface area (Å²) in [6, 6.07) is 3.15. The third kappa shape index (κ3) is 4.83. The second-order valence-electron chi connectivity index (χ2n) is 7.34. The maximum Gasteiger partial charge on any atom is 0.438 e. The van der Waals surface area contributed by atoms with Crippen LogP contribution in [0.2, 0.25) is 0 Å². The van der Waals surface area contributed by atoms with Crippen LogP contribution in [0.1, 0.15) is 27.0 Å². The zero-order valence-corrected chi connectivity index (χ0v) is 19.4. The van der Waals surface area contributed by atoms with Crippen LogP contribution in [-0.4, -0.2) is 77.0 Å². The van der Waals surface area contributed by atoms with E-state index in [-0.39, 0.29) is 34.1 Å². The summed E-state index contributed by atoms with van der Waals surface area (Å²) in [7, 11) is -7.99. The molecule has 1 aromatic carbocycles. The Morgan fingerprint density at radius 2 is 1.91 bits per heavy atom. The number of aromatic nitrogens is 2. The molecule has 2 aromatic rings. The first-order valence-electron chi connectivity index (χ1n) is 9.66. The quantitative estimate of drug-likeness (QED) is 0.378. The van der Waals surface area contributed by atoms with Crippen LogP contribution in [0.25, 0.3) is 0 Å². The number of likely N-dealkylation sites (N-methyl/N-ethyl adjacent to an activating group) is 1. The zero-order chi connectivity index (χ0) is 25.5. The second-order valence-corrected chi connectivity index (χ2v) is 10.3. The maximum atomic E-state index is 13.0. The Balaban J connectivity index is 1.74. The first-order valence-corrected chi connectivity index (χ1v) is 12.6. The van der Waals surface area contributed by atoms with Gasteiger partial charge in [0.2, 0.25) is 5.71 Å². The number of amides is 2. The van der Waals surface area contributed by atoms with Gasteiger partial charge >= 0.3 is 11.8 Å². The highest BCUT2D eigenvalue weighted by Gasteiger charge is 2.35. The van der Waals surface area contributed by atoms with E-state index in [0.717, 1.165) is 22.8 Å². The van der Waals surface area contributed by atoms with Crippen LogP contribution in [0.3, 0.4) is 0 Å². The predicted octanol–water partition coefficient (Wildman–Crippen LogP) is 0.363. The molecule has 1 aliphatic heterocycles. The third-order valence-electron chi connectivity index (χ3n) is 5.09. The molecular formula is C20H16N5O8S2+. The van der Waals surface area contributed by atoms with Gasteiger partial charge in [0.05, 0.1) is 22.4 Å². The molecule has 1 atom stereocenters. The lowest BCUT2D eigenvalue weighted by Crippen LogP contribution is -2.29. The number of aromatic amines is 1. The molecule has 15 heteroatoms. The van der Waals surface area contributed by atoms with Crippen LogP contribution in [-0.2, 0) is 25.0 Å². The van der Waals surface area contributed by atoms with Gasteiger partial charge in [-0.25, -0.2) is 19.8 Å². The Morgan fingerprint density at radius 1 is 1.17 bits per heavy atom. The van der Waals surface area contributed by atoms with Crippen molar-refractivity contribution in [3.63, 3.8) is 0 Å². The number of rotatable bonds is 4. The molecule has 0 radical (unpaired) electrons. The molecule has 4 rings (SSSR count). The molecule has 13 nitrogen and oxygen atoms in total. The number of aliphatic imine (C=N–C) groups is 2. The lowest BCUT2D eigenvalue weighted by atomic mass is 9.94. The van der Waals surface area contributed by atoms with Gasteiger partial charge in [0.1, 0.15) is 12.3 Å². The fourth-order valence-electron chi connectivity index (χ4n) is 3.46. The van der Waals surface area contributed by atoms with Gasteiger partial charge in [-0.1, -0.05) is 6.08 Å². The van der Waals surface area contributed by atoms with E-state index >= 15 is 0 Å². The number of hydrogen-bond acceptors (Lipinski definition) is 8.